The Morgan fingerprint density at radius 3 is 3.29 bits per heavy atom. The van der Waals surface area contributed by atoms with Crippen LogP contribution < -0.4 is 5.43 Å². The SMILES string of the molecule is [2H]c1n[nH]ccc1=O. The molecule has 0 bridgehead atoms. The standard InChI is InChI=1S/C4H4N2O/c7-4-1-2-5-6-3-4/h1-3H,(H,5,7)/i3D. The summed E-state index contributed by atoms with van der Waals surface area (Å²) in [6.45, 7) is 0. The maximum atomic E-state index is 10.3. The molecular weight excluding hydrogens is 92.1 g/mol. The second kappa shape index (κ2) is 1.55. The Labute approximate surface area is 41.4 Å². The fourth-order valence-corrected chi connectivity index (χ4v) is 0.275. The van der Waals surface area contributed by atoms with Gasteiger partial charge in [0.2, 0.25) is 0 Å². The molecule has 1 rings (SSSR count). The molecule has 0 saturated carbocycles. The highest BCUT2D eigenvalue weighted by molar-refractivity contribution is 4.82. The number of rotatable bonds is 0. The van der Waals surface area contributed by atoms with E-state index in [0.717, 1.165) is 0 Å². The van der Waals surface area contributed by atoms with E-state index >= 15 is 0 Å². The Morgan fingerprint density at radius 2 is 2.86 bits per heavy atom. The third-order valence-corrected chi connectivity index (χ3v) is 0.540. The molecule has 0 aliphatic rings. The molecule has 0 saturated heterocycles. The summed E-state index contributed by atoms with van der Waals surface area (Å²) in [6.07, 6.45) is 1.15. The average molecular weight is 97.1 g/mol. The van der Waals surface area contributed by atoms with Crippen LogP contribution in [0.3, 0.4) is 0 Å². The summed E-state index contributed by atoms with van der Waals surface area (Å²) in [6, 6.07) is 1.26. The Morgan fingerprint density at radius 1 is 2.00 bits per heavy atom. The van der Waals surface area contributed by atoms with Crippen LogP contribution in [0.5, 0.6) is 0 Å². The van der Waals surface area contributed by atoms with Gasteiger partial charge in [-0.2, -0.15) is 5.10 Å². The fraction of sp³-hybridized carbons (Fsp3) is 0. The van der Waals surface area contributed by atoms with Crippen molar-refractivity contribution in [2.24, 2.45) is 0 Å². The van der Waals surface area contributed by atoms with E-state index in [4.69, 9.17) is 1.37 Å². The largest absolute Gasteiger partial charge is 0.288 e. The molecule has 3 nitrogen and oxygen atoms in total. The van der Waals surface area contributed by atoms with Gasteiger partial charge in [-0.05, 0) is 0 Å². The summed E-state index contributed by atoms with van der Waals surface area (Å²) < 4.78 is 6.76. The van der Waals surface area contributed by atoms with Gasteiger partial charge in [0.15, 0.2) is 5.43 Å². The fourth-order valence-electron chi connectivity index (χ4n) is 0.275. The van der Waals surface area contributed by atoms with E-state index < -0.39 is 0 Å². The molecule has 0 radical (unpaired) electrons. The van der Waals surface area contributed by atoms with Crippen LogP contribution in [0.4, 0.5) is 0 Å². The van der Waals surface area contributed by atoms with Gasteiger partial charge in [-0.1, -0.05) is 0 Å². The topological polar surface area (TPSA) is 45.8 Å². The summed E-state index contributed by atoms with van der Waals surface area (Å²) in [4.78, 5) is 10.3. The van der Waals surface area contributed by atoms with Crippen LogP contribution >= 0.6 is 0 Å². The molecule has 1 heterocycles. The van der Waals surface area contributed by atoms with Gasteiger partial charge in [-0.15, -0.1) is 0 Å². The lowest BCUT2D eigenvalue weighted by molar-refractivity contribution is 1.02. The molecule has 0 fully saturated rings. The number of H-pyrrole nitrogens is 1. The quantitative estimate of drug-likeness (QED) is 0.486. The molecular formula is C4H4N2O. The molecule has 0 spiro atoms. The monoisotopic (exact) mass is 97.0 g/mol. The summed E-state index contributed by atoms with van der Waals surface area (Å²) in [5.41, 5.74) is -0.358. The van der Waals surface area contributed by atoms with E-state index in [1.165, 1.54) is 12.3 Å². The van der Waals surface area contributed by atoms with Gasteiger partial charge >= 0.3 is 0 Å². The molecule has 0 unspecified atom stereocenters. The van der Waals surface area contributed by atoms with Crippen LogP contribution in [0.2, 0.25) is 0 Å². The Balaban J connectivity index is 3.35. The van der Waals surface area contributed by atoms with Gasteiger partial charge in [-0.25, -0.2) is 0 Å². The van der Waals surface area contributed by atoms with Crippen LogP contribution in [0, 0.1) is 0 Å². The van der Waals surface area contributed by atoms with E-state index in [9.17, 15) is 4.79 Å². The molecule has 0 aliphatic carbocycles. The van der Waals surface area contributed by atoms with Crippen molar-refractivity contribution in [3.63, 3.8) is 0 Å². The lowest BCUT2D eigenvalue weighted by atomic mass is 10.6. The van der Waals surface area contributed by atoms with Crippen molar-refractivity contribution in [1.29, 1.82) is 0 Å². The third kappa shape index (κ3) is 0.855. The minimum absolute atomic E-state index is 0.243. The number of nitrogens with zero attached hydrogens (tertiary/aromatic N) is 1. The van der Waals surface area contributed by atoms with Gasteiger partial charge < -0.3 is 0 Å². The van der Waals surface area contributed by atoms with E-state index in [2.05, 4.69) is 10.2 Å². The van der Waals surface area contributed by atoms with E-state index in [1.807, 2.05) is 0 Å². The number of aromatic amines is 1. The average Bonchev–Trinajstić information content (AvgIpc) is 1.77. The molecule has 36 valence electrons. The van der Waals surface area contributed by atoms with Crippen molar-refractivity contribution in [2.45, 2.75) is 0 Å². The zero-order valence-corrected chi connectivity index (χ0v) is 3.51. The maximum absolute atomic E-state index is 10.3. The van der Waals surface area contributed by atoms with Crippen LogP contribution in [-0.2, 0) is 0 Å². The molecule has 0 aliphatic heterocycles. The Bertz CT molecular complexity index is 231. The summed E-state index contributed by atoms with van der Waals surface area (Å²) in [7, 11) is 0. The van der Waals surface area contributed by atoms with E-state index in [1.54, 1.807) is 0 Å². The molecule has 7 heavy (non-hydrogen) atoms. The maximum Gasteiger partial charge on any atom is 0.200 e. The van der Waals surface area contributed by atoms with Crippen molar-refractivity contribution in [1.82, 2.24) is 10.2 Å². The zero-order chi connectivity index (χ0) is 5.98. The molecule has 0 aromatic carbocycles. The van der Waals surface area contributed by atoms with Crippen LogP contribution in [-0.4, -0.2) is 10.2 Å². The van der Waals surface area contributed by atoms with Crippen molar-refractivity contribution in [3.05, 3.63) is 28.7 Å². The van der Waals surface area contributed by atoms with Crippen molar-refractivity contribution in [2.75, 3.05) is 0 Å². The molecule has 0 amide bonds. The van der Waals surface area contributed by atoms with Crippen LogP contribution in [0.1, 0.15) is 1.37 Å². The van der Waals surface area contributed by atoms with Crippen molar-refractivity contribution < 1.29 is 1.37 Å². The highest BCUT2D eigenvalue weighted by Crippen LogP contribution is 1.57. The van der Waals surface area contributed by atoms with E-state index in [-0.39, 0.29) is 11.6 Å². The predicted molar refractivity (Wildman–Crippen MR) is 24.9 cm³/mol. The highest BCUT2D eigenvalue weighted by Gasteiger charge is 1.71. The normalized spacial score (nSPS) is 10.6. The first-order valence-corrected chi connectivity index (χ1v) is 1.81. The lowest BCUT2D eigenvalue weighted by Gasteiger charge is -1.73. The number of hydrogen-bond donors (Lipinski definition) is 1. The number of aromatic nitrogens is 2. The van der Waals surface area contributed by atoms with Crippen LogP contribution in [0.25, 0.3) is 0 Å². The number of nitrogens with one attached hydrogen (secondary N) is 1. The van der Waals surface area contributed by atoms with Crippen molar-refractivity contribution in [3.8, 4) is 0 Å². The molecule has 1 N–H and O–H groups in total. The van der Waals surface area contributed by atoms with Crippen LogP contribution in [0.15, 0.2) is 23.2 Å². The van der Waals surface area contributed by atoms with Crippen molar-refractivity contribution >= 4 is 0 Å². The van der Waals surface area contributed by atoms with Gasteiger partial charge in [0.05, 0.1) is 7.54 Å². The summed E-state index contributed by atoms with van der Waals surface area (Å²) >= 11 is 0. The first-order valence-electron chi connectivity index (χ1n) is 2.31. The highest BCUT2D eigenvalue weighted by atomic mass is 16.1. The molecule has 1 aromatic heterocycles. The summed E-state index contributed by atoms with van der Waals surface area (Å²) in [5, 5.41) is 5.67. The second-order valence-electron chi connectivity index (χ2n) is 1.05. The second-order valence-corrected chi connectivity index (χ2v) is 1.05. The zero-order valence-electron chi connectivity index (χ0n) is 4.51. The first-order chi connectivity index (χ1) is 3.80. The minimum Gasteiger partial charge on any atom is -0.288 e. The first kappa shape index (κ1) is 2.96. The summed E-state index contributed by atoms with van der Waals surface area (Å²) in [5.74, 6) is 0. The lowest BCUT2D eigenvalue weighted by Crippen LogP contribution is -1.96. The third-order valence-electron chi connectivity index (χ3n) is 0.540. The van der Waals surface area contributed by atoms with Gasteiger partial charge in [0.25, 0.3) is 0 Å². The predicted octanol–water partition coefficient (Wildman–Crippen LogP) is -0.230. The van der Waals surface area contributed by atoms with Gasteiger partial charge in [-0.3, -0.25) is 9.89 Å². The Kier molecular flexibility index (Phi) is 0.656. The molecule has 1 aromatic rings. The Hall–Kier alpha value is -1.12. The van der Waals surface area contributed by atoms with Gasteiger partial charge in [0, 0.05) is 12.3 Å². The molecule has 3 heteroatoms. The van der Waals surface area contributed by atoms with Gasteiger partial charge in [0.1, 0.15) is 0 Å². The number of hydrogen-bond acceptors (Lipinski definition) is 2. The minimum atomic E-state index is -0.358. The smallest absolute Gasteiger partial charge is 0.200 e. The van der Waals surface area contributed by atoms with E-state index in [0.29, 0.717) is 0 Å². The molecule has 0 atom stereocenters.